The van der Waals surface area contributed by atoms with Crippen molar-refractivity contribution in [3.05, 3.63) is 53.8 Å². The van der Waals surface area contributed by atoms with Gasteiger partial charge in [-0.15, -0.1) is 0 Å². The number of aliphatic hydroxyl groups is 1. The molecule has 2 aromatic rings. The first-order valence-electron chi connectivity index (χ1n) is 6.31. The Kier molecular flexibility index (Phi) is 6.03. The Balaban J connectivity index is 0.000000861. The van der Waals surface area contributed by atoms with Crippen molar-refractivity contribution in [1.29, 1.82) is 0 Å². The molecule has 2 aromatic carbocycles. The minimum Gasteiger partial charge on any atom is -0.468 e. The van der Waals surface area contributed by atoms with E-state index in [-0.39, 0.29) is 12.6 Å². The molecule has 0 spiro atoms. The predicted molar refractivity (Wildman–Crippen MR) is 75.6 cm³/mol. The molecule has 0 aliphatic rings. The van der Waals surface area contributed by atoms with Crippen LogP contribution in [0.1, 0.15) is 19.4 Å². The second-order valence-corrected chi connectivity index (χ2v) is 3.76. The maximum Gasteiger partial charge on any atom is 0.186 e. The van der Waals surface area contributed by atoms with Gasteiger partial charge in [-0.2, -0.15) is 0 Å². The number of aliphatic hydroxyl groups excluding tert-OH is 1. The highest BCUT2D eigenvalue weighted by Crippen LogP contribution is 2.26. The normalized spacial score (nSPS) is 9.53. The van der Waals surface area contributed by atoms with Crippen LogP contribution in [-0.2, 0) is 0 Å². The van der Waals surface area contributed by atoms with E-state index in [1.54, 1.807) is 18.2 Å². The molecule has 0 saturated heterocycles. The Morgan fingerprint density at radius 1 is 1.05 bits per heavy atom. The summed E-state index contributed by atoms with van der Waals surface area (Å²) in [6.07, 6.45) is 0. The summed E-state index contributed by atoms with van der Waals surface area (Å²) in [5.74, 6) is 0.339. The third-order valence-electron chi connectivity index (χ3n) is 2.60. The van der Waals surface area contributed by atoms with Gasteiger partial charge in [0.25, 0.3) is 0 Å². The largest absolute Gasteiger partial charge is 0.468 e. The minimum atomic E-state index is -0.349. The molecular weight excluding hydrogens is 243 g/mol. The molecule has 0 aliphatic heterocycles. The van der Waals surface area contributed by atoms with Gasteiger partial charge in [-0.1, -0.05) is 32.0 Å². The van der Waals surface area contributed by atoms with Crippen LogP contribution in [0.5, 0.6) is 5.75 Å². The second-order valence-electron chi connectivity index (χ2n) is 3.76. The number of hydrogen-bond acceptors (Lipinski definition) is 2. The van der Waals surface area contributed by atoms with Crippen molar-refractivity contribution in [1.82, 2.24) is 0 Å². The Bertz CT molecular complexity index is 507. The minimum absolute atomic E-state index is 0.249. The van der Waals surface area contributed by atoms with Crippen molar-refractivity contribution in [2.75, 3.05) is 6.79 Å². The molecule has 1 N–H and O–H groups in total. The summed E-state index contributed by atoms with van der Waals surface area (Å²) in [6.45, 7) is 5.59. The highest BCUT2D eigenvalue weighted by molar-refractivity contribution is 5.67. The molecule has 0 aliphatic carbocycles. The van der Waals surface area contributed by atoms with Crippen molar-refractivity contribution in [2.45, 2.75) is 20.8 Å². The fourth-order valence-corrected chi connectivity index (χ4v) is 1.71. The molecule has 0 fully saturated rings. The fraction of sp³-hybridized carbons (Fsp3) is 0.250. The van der Waals surface area contributed by atoms with Crippen LogP contribution >= 0.6 is 0 Å². The van der Waals surface area contributed by atoms with Gasteiger partial charge in [0, 0.05) is 0 Å². The zero-order valence-electron chi connectivity index (χ0n) is 11.5. The van der Waals surface area contributed by atoms with Crippen LogP contribution in [0.4, 0.5) is 4.39 Å². The van der Waals surface area contributed by atoms with Gasteiger partial charge in [-0.25, -0.2) is 4.39 Å². The lowest BCUT2D eigenvalue weighted by Gasteiger charge is -2.07. The van der Waals surface area contributed by atoms with E-state index in [0.29, 0.717) is 5.75 Å². The predicted octanol–water partition coefficient (Wildman–Crippen LogP) is 4.16. The number of ether oxygens (including phenoxy) is 1. The number of hydrogen-bond donors (Lipinski definition) is 1. The number of halogens is 1. The lowest BCUT2D eigenvalue weighted by atomic mass is 10.0. The molecule has 0 aromatic heterocycles. The van der Waals surface area contributed by atoms with Gasteiger partial charge in [-0.05, 0) is 47.9 Å². The van der Waals surface area contributed by atoms with Gasteiger partial charge in [0.05, 0.1) is 0 Å². The molecule has 0 atom stereocenters. The van der Waals surface area contributed by atoms with Crippen molar-refractivity contribution in [2.24, 2.45) is 0 Å². The summed E-state index contributed by atoms with van der Waals surface area (Å²) in [7, 11) is 0. The van der Waals surface area contributed by atoms with E-state index in [1.807, 2.05) is 32.9 Å². The number of rotatable bonds is 3. The van der Waals surface area contributed by atoms with Crippen LogP contribution in [0.15, 0.2) is 42.5 Å². The number of aryl methyl sites for hydroxylation is 1. The van der Waals surface area contributed by atoms with E-state index >= 15 is 0 Å². The number of benzene rings is 2. The van der Waals surface area contributed by atoms with Crippen molar-refractivity contribution in [3.63, 3.8) is 0 Å². The lowest BCUT2D eigenvalue weighted by molar-refractivity contribution is 0.0985. The molecule has 2 rings (SSSR count). The summed E-state index contributed by atoms with van der Waals surface area (Å²) >= 11 is 0. The summed E-state index contributed by atoms with van der Waals surface area (Å²) in [4.78, 5) is 0. The molecule has 0 radical (unpaired) electrons. The Labute approximate surface area is 113 Å². The van der Waals surface area contributed by atoms with E-state index in [9.17, 15) is 4.39 Å². The third kappa shape index (κ3) is 4.07. The highest BCUT2D eigenvalue weighted by atomic mass is 19.1. The van der Waals surface area contributed by atoms with Crippen molar-refractivity contribution < 1.29 is 14.2 Å². The van der Waals surface area contributed by atoms with E-state index in [4.69, 9.17) is 9.84 Å². The van der Waals surface area contributed by atoms with E-state index in [2.05, 4.69) is 0 Å². The van der Waals surface area contributed by atoms with E-state index in [0.717, 1.165) is 16.7 Å². The van der Waals surface area contributed by atoms with Gasteiger partial charge in [-0.3, -0.25) is 0 Å². The molecule has 2 nitrogen and oxygen atoms in total. The van der Waals surface area contributed by atoms with E-state index < -0.39 is 0 Å². The molecule has 19 heavy (non-hydrogen) atoms. The first kappa shape index (κ1) is 15.2. The first-order chi connectivity index (χ1) is 9.20. The quantitative estimate of drug-likeness (QED) is 0.842. The van der Waals surface area contributed by atoms with E-state index in [1.165, 1.54) is 12.1 Å². The SMILES string of the molecule is CC.Cc1ccc(F)cc1-c1ccc(OCO)cc1. The van der Waals surface area contributed by atoms with Crippen molar-refractivity contribution >= 4 is 0 Å². The second kappa shape index (κ2) is 7.54. The highest BCUT2D eigenvalue weighted by Gasteiger charge is 2.03. The van der Waals surface area contributed by atoms with Crippen LogP contribution in [0.25, 0.3) is 11.1 Å². The van der Waals surface area contributed by atoms with Gasteiger partial charge < -0.3 is 9.84 Å². The monoisotopic (exact) mass is 262 g/mol. The average molecular weight is 262 g/mol. The summed E-state index contributed by atoms with van der Waals surface area (Å²) in [5.41, 5.74) is 2.80. The van der Waals surface area contributed by atoms with Crippen molar-refractivity contribution in [3.8, 4) is 16.9 Å². The van der Waals surface area contributed by atoms with Crippen LogP contribution in [0.2, 0.25) is 0 Å². The molecule has 0 heterocycles. The van der Waals surface area contributed by atoms with Crippen LogP contribution in [0.3, 0.4) is 0 Å². The van der Waals surface area contributed by atoms with Gasteiger partial charge in [0.1, 0.15) is 11.6 Å². The fourth-order valence-electron chi connectivity index (χ4n) is 1.71. The topological polar surface area (TPSA) is 29.5 Å². The zero-order chi connectivity index (χ0) is 14.3. The molecule has 102 valence electrons. The Hall–Kier alpha value is -1.87. The van der Waals surface area contributed by atoms with Gasteiger partial charge in [0.15, 0.2) is 6.79 Å². The van der Waals surface area contributed by atoms with Gasteiger partial charge in [0.2, 0.25) is 0 Å². The van der Waals surface area contributed by atoms with Crippen LogP contribution < -0.4 is 4.74 Å². The molecule has 0 unspecified atom stereocenters. The third-order valence-corrected chi connectivity index (χ3v) is 2.60. The molecule has 0 amide bonds. The van der Waals surface area contributed by atoms with Crippen LogP contribution in [-0.4, -0.2) is 11.9 Å². The molecule has 3 heteroatoms. The average Bonchev–Trinajstić information content (AvgIpc) is 2.45. The maximum atomic E-state index is 13.2. The zero-order valence-corrected chi connectivity index (χ0v) is 11.5. The summed E-state index contributed by atoms with van der Waals surface area (Å²) < 4.78 is 18.1. The summed E-state index contributed by atoms with van der Waals surface area (Å²) in [5, 5.41) is 8.61. The lowest BCUT2D eigenvalue weighted by Crippen LogP contribution is -1.94. The molecular formula is C16H19FO2. The first-order valence-corrected chi connectivity index (χ1v) is 6.31. The maximum absolute atomic E-state index is 13.2. The smallest absolute Gasteiger partial charge is 0.186 e. The van der Waals surface area contributed by atoms with Crippen LogP contribution in [0, 0.1) is 12.7 Å². The Morgan fingerprint density at radius 2 is 1.68 bits per heavy atom. The standard InChI is InChI=1S/C14H13FO2.C2H6/c1-10-2-5-12(15)8-14(10)11-3-6-13(7-4-11)17-9-16;1-2/h2-8,16H,9H2,1H3;1-2H3. The summed E-state index contributed by atoms with van der Waals surface area (Å²) in [6, 6.07) is 11.9. The van der Waals surface area contributed by atoms with Gasteiger partial charge >= 0.3 is 0 Å². The Morgan fingerprint density at radius 3 is 2.26 bits per heavy atom. The molecule has 0 bridgehead atoms. The molecule has 0 saturated carbocycles.